The Morgan fingerprint density at radius 3 is 2.45 bits per heavy atom. The third kappa shape index (κ3) is 3.99. The van der Waals surface area contributed by atoms with Crippen LogP contribution in [-0.4, -0.2) is 67.1 Å². The molecule has 38 heavy (non-hydrogen) atoms. The molecule has 0 unspecified atom stereocenters. The number of hydrogen-bond acceptors (Lipinski definition) is 9. The molecule has 5 rings (SSSR count). The summed E-state index contributed by atoms with van der Waals surface area (Å²) in [5.41, 5.74) is -2.02. The van der Waals surface area contributed by atoms with Gasteiger partial charge in [-0.05, 0) is 18.2 Å². The van der Waals surface area contributed by atoms with E-state index >= 15 is 0 Å². The summed E-state index contributed by atoms with van der Waals surface area (Å²) < 4.78 is 86.4. The summed E-state index contributed by atoms with van der Waals surface area (Å²) in [6, 6.07) is 4.73. The van der Waals surface area contributed by atoms with Gasteiger partial charge in [-0.25, -0.2) is 8.78 Å². The summed E-state index contributed by atoms with van der Waals surface area (Å²) in [7, 11) is 0. The van der Waals surface area contributed by atoms with Crippen molar-refractivity contribution in [3.63, 3.8) is 0 Å². The number of carbonyl (C=O) groups excluding carboxylic acids is 1. The van der Waals surface area contributed by atoms with Gasteiger partial charge in [0.25, 0.3) is 11.7 Å². The first kappa shape index (κ1) is 24.8. The monoisotopic (exact) mass is 538 g/mol. The normalized spacial score (nSPS) is 14.2. The van der Waals surface area contributed by atoms with E-state index < -0.39 is 63.7 Å². The number of amides is 1. The lowest BCUT2D eigenvalue weighted by Gasteiger charge is -2.34. The number of nitrogens with zero attached hydrogens (tertiary/aromatic N) is 8. The maximum absolute atomic E-state index is 14.3. The highest BCUT2D eigenvalue weighted by Gasteiger charge is 2.38. The van der Waals surface area contributed by atoms with Gasteiger partial charge in [0.05, 0.1) is 5.56 Å². The van der Waals surface area contributed by atoms with Gasteiger partial charge in [-0.15, -0.1) is 15.3 Å². The number of phenols is 1. The van der Waals surface area contributed by atoms with Gasteiger partial charge in [-0.3, -0.25) is 4.79 Å². The highest BCUT2D eigenvalue weighted by Crippen LogP contribution is 2.35. The molecule has 0 saturated carbocycles. The van der Waals surface area contributed by atoms with Crippen molar-refractivity contribution in [3.8, 4) is 23.1 Å². The fourth-order valence-corrected chi connectivity index (χ4v) is 3.89. The Balaban J connectivity index is 1.36. The van der Waals surface area contributed by atoms with Crippen molar-refractivity contribution in [1.29, 1.82) is 5.26 Å². The molecule has 1 aliphatic heterocycles. The third-order valence-electron chi connectivity index (χ3n) is 5.78. The highest BCUT2D eigenvalue weighted by atomic mass is 19.4. The minimum absolute atomic E-state index is 0.0280. The second kappa shape index (κ2) is 8.90. The van der Waals surface area contributed by atoms with Crippen molar-refractivity contribution in [2.45, 2.75) is 6.18 Å². The van der Waals surface area contributed by atoms with Crippen LogP contribution in [0.25, 0.3) is 17.0 Å². The van der Waals surface area contributed by atoms with Crippen LogP contribution in [0.4, 0.5) is 32.2 Å². The number of fused-ring (bicyclic) bond motifs is 1. The van der Waals surface area contributed by atoms with E-state index in [0.29, 0.717) is 10.6 Å². The Bertz CT molecular complexity index is 1620. The topological polar surface area (TPSA) is 137 Å². The zero-order valence-electron chi connectivity index (χ0n) is 18.7. The van der Waals surface area contributed by atoms with Crippen LogP contribution < -0.4 is 4.90 Å². The molecule has 196 valence electrons. The second-order valence-electron chi connectivity index (χ2n) is 7.99. The molecule has 0 radical (unpaired) electrons. The number of aromatic nitrogens is 5. The first-order valence-electron chi connectivity index (χ1n) is 10.6. The van der Waals surface area contributed by atoms with Crippen molar-refractivity contribution in [2.24, 2.45) is 0 Å². The summed E-state index contributed by atoms with van der Waals surface area (Å²) in [6.45, 7) is 0.318. The van der Waals surface area contributed by atoms with E-state index in [1.54, 1.807) is 11.0 Å². The minimum Gasteiger partial charge on any atom is -0.503 e. The summed E-state index contributed by atoms with van der Waals surface area (Å²) in [5, 5.41) is 33.0. The van der Waals surface area contributed by atoms with Gasteiger partial charge in [-0.1, -0.05) is 5.16 Å². The molecule has 0 aliphatic carbocycles. The van der Waals surface area contributed by atoms with E-state index in [-0.39, 0.29) is 37.6 Å². The average Bonchev–Trinajstić information content (AvgIpc) is 3.53. The molecular formula is C21H12F6N8O3. The van der Waals surface area contributed by atoms with Gasteiger partial charge in [0.2, 0.25) is 5.82 Å². The summed E-state index contributed by atoms with van der Waals surface area (Å²) in [4.78, 5) is 15.9. The zero-order chi connectivity index (χ0) is 27.4. The minimum atomic E-state index is -4.77. The highest BCUT2D eigenvalue weighted by molar-refractivity contribution is 5.96. The molecule has 1 fully saturated rings. The number of rotatable bonds is 3. The molecule has 4 aromatic rings. The zero-order valence-corrected chi connectivity index (χ0v) is 18.7. The SMILES string of the molecule is N#Cc1c(C(=O)N2CCN(c3ccc4nnc(C(F)(F)F)n4n3)CC2)noc1-c1cc(F)c(F)c(O)c1F. The standard InChI is InChI=1S/C21H12F6N8O3/c22-11-7-9(14(23)17(36)15(11)24)18-10(8-28)16(32-38-18)19(37)34-5-3-33(4-6-34)13-2-1-12-29-30-20(21(25,26)27)35(12)31-13/h1-2,7,36H,3-6H2. The molecule has 17 heteroatoms. The number of aromatic hydroxyl groups is 1. The largest absolute Gasteiger partial charge is 0.503 e. The molecule has 3 aromatic heterocycles. The van der Waals surface area contributed by atoms with E-state index in [2.05, 4.69) is 20.5 Å². The van der Waals surface area contributed by atoms with Gasteiger partial charge in [-0.2, -0.15) is 27.3 Å². The van der Waals surface area contributed by atoms with Crippen LogP contribution in [-0.2, 0) is 6.18 Å². The number of phenolic OH excluding ortho intramolecular Hbond substituents is 1. The number of anilines is 1. The fraction of sp³-hybridized carbons (Fsp3) is 0.238. The molecule has 1 aliphatic rings. The van der Waals surface area contributed by atoms with E-state index in [1.807, 2.05) is 0 Å². The predicted molar refractivity (Wildman–Crippen MR) is 112 cm³/mol. The molecule has 4 heterocycles. The second-order valence-corrected chi connectivity index (χ2v) is 7.99. The molecule has 1 N–H and O–H groups in total. The Kier molecular flexibility index (Phi) is 5.81. The number of halogens is 6. The molecule has 1 saturated heterocycles. The van der Waals surface area contributed by atoms with Crippen LogP contribution in [0.15, 0.2) is 22.7 Å². The first-order valence-corrected chi connectivity index (χ1v) is 10.6. The maximum atomic E-state index is 14.3. The first-order chi connectivity index (χ1) is 18.0. The lowest BCUT2D eigenvalue weighted by molar-refractivity contribution is -0.146. The summed E-state index contributed by atoms with van der Waals surface area (Å²) in [5.74, 6) is -9.32. The number of benzene rings is 1. The van der Waals surface area contributed by atoms with Crippen molar-refractivity contribution in [3.05, 3.63) is 52.7 Å². The maximum Gasteiger partial charge on any atom is 0.453 e. The molecular weight excluding hydrogens is 526 g/mol. The smallest absolute Gasteiger partial charge is 0.453 e. The lowest BCUT2D eigenvalue weighted by Crippen LogP contribution is -2.49. The Labute approximate surface area is 207 Å². The van der Waals surface area contributed by atoms with Crippen molar-refractivity contribution < 1.29 is 40.8 Å². The predicted octanol–water partition coefficient (Wildman–Crippen LogP) is 2.76. The quantitative estimate of drug-likeness (QED) is 0.308. The van der Waals surface area contributed by atoms with Crippen LogP contribution in [0.1, 0.15) is 21.9 Å². The van der Waals surface area contributed by atoms with E-state index in [0.717, 1.165) is 0 Å². The molecule has 1 amide bonds. The van der Waals surface area contributed by atoms with E-state index in [1.165, 1.54) is 17.0 Å². The van der Waals surface area contributed by atoms with Crippen molar-refractivity contribution in [1.82, 2.24) is 29.9 Å². The Morgan fingerprint density at radius 2 is 1.79 bits per heavy atom. The van der Waals surface area contributed by atoms with Gasteiger partial charge < -0.3 is 19.4 Å². The summed E-state index contributed by atoms with van der Waals surface area (Å²) >= 11 is 0. The fourth-order valence-electron chi connectivity index (χ4n) is 3.89. The van der Waals surface area contributed by atoms with Gasteiger partial charge in [0.1, 0.15) is 17.5 Å². The number of piperazine rings is 1. The number of alkyl halides is 3. The molecule has 11 nitrogen and oxygen atoms in total. The van der Waals surface area contributed by atoms with E-state index in [4.69, 9.17) is 4.52 Å². The van der Waals surface area contributed by atoms with Gasteiger partial charge in [0.15, 0.2) is 34.5 Å². The van der Waals surface area contributed by atoms with E-state index in [9.17, 15) is 41.5 Å². The van der Waals surface area contributed by atoms with Crippen LogP contribution in [0.2, 0.25) is 0 Å². The Morgan fingerprint density at radius 1 is 1.08 bits per heavy atom. The average molecular weight is 538 g/mol. The number of carbonyl (C=O) groups is 1. The number of nitriles is 1. The van der Waals surface area contributed by atoms with Crippen LogP contribution in [0.5, 0.6) is 5.75 Å². The lowest BCUT2D eigenvalue weighted by atomic mass is 10.1. The number of hydrogen-bond donors (Lipinski definition) is 1. The van der Waals surface area contributed by atoms with Crippen LogP contribution in [0.3, 0.4) is 0 Å². The van der Waals surface area contributed by atoms with Gasteiger partial charge >= 0.3 is 6.18 Å². The third-order valence-corrected chi connectivity index (χ3v) is 5.78. The van der Waals surface area contributed by atoms with Crippen LogP contribution >= 0.6 is 0 Å². The molecule has 0 atom stereocenters. The van der Waals surface area contributed by atoms with Crippen molar-refractivity contribution in [2.75, 3.05) is 31.1 Å². The summed E-state index contributed by atoms with van der Waals surface area (Å²) in [6.07, 6.45) is -4.77. The molecule has 0 bridgehead atoms. The Hall–Kier alpha value is -4.88. The van der Waals surface area contributed by atoms with Gasteiger partial charge in [0, 0.05) is 26.2 Å². The van der Waals surface area contributed by atoms with Crippen molar-refractivity contribution >= 4 is 17.4 Å². The van der Waals surface area contributed by atoms with Crippen LogP contribution in [0, 0.1) is 28.8 Å². The molecule has 0 spiro atoms. The molecule has 1 aromatic carbocycles.